The normalized spacial score (nSPS) is 11.0. The molecule has 0 heterocycles. The highest BCUT2D eigenvalue weighted by Gasteiger charge is 2.27. The zero-order chi connectivity index (χ0) is 55.1. The van der Waals surface area contributed by atoms with Crippen LogP contribution in [0.2, 0.25) is 0 Å². The molecule has 0 spiro atoms. The lowest BCUT2D eigenvalue weighted by molar-refractivity contribution is -0.255. The number of carboxylic acid groups (broad SMARTS) is 4. The van der Waals surface area contributed by atoms with Gasteiger partial charge in [-0.1, -0.05) is 167 Å². The number of carbonyl (C=O) groups excluding carboxylic acids is 8. The molecule has 0 aliphatic rings. The van der Waals surface area contributed by atoms with Crippen LogP contribution >= 0.6 is 63.7 Å². The summed E-state index contributed by atoms with van der Waals surface area (Å²) in [6.45, 7) is 5.00. The van der Waals surface area contributed by atoms with Crippen molar-refractivity contribution >= 4 is 155 Å². The standard InChI is InChI=1S/C15H13BrO4.C14H11BrO4.2C13H9BrO4/c1-15(2,16)14(19)20-12-8-7-11(13(17)18)9-5-3-4-6-10(9)12;1-8(15)14(18)19-12-7-6-11(13(16)17)9-4-2-3-5-10(9)12;14-7-12(15)18-11-6-2-3-8-9(11)4-1-5-10(8)13(16)17;14-7-12(15)18-11-6-5-10(13(16)17)8-3-1-2-4-9(8)11/h3-8H,1-2H3,(H,17,18);2-8H,1H3,(H,16,17);2*1-6H,7H2,(H,16,17)/p-4. The maximum Gasteiger partial charge on any atom is 0.327 e. The highest BCUT2D eigenvalue weighted by Crippen LogP contribution is 2.33. The van der Waals surface area contributed by atoms with Gasteiger partial charge in [-0.3, -0.25) is 19.2 Å². The van der Waals surface area contributed by atoms with E-state index in [1.165, 1.54) is 42.5 Å². The smallest absolute Gasteiger partial charge is 0.327 e. The Morgan fingerprint density at radius 1 is 0.413 bits per heavy atom. The zero-order valence-corrected chi connectivity index (χ0v) is 45.7. The number of rotatable bonds is 12. The third-order valence-electron chi connectivity index (χ3n) is 10.3. The average molecular weight is 1270 g/mol. The molecule has 20 heteroatoms. The molecule has 0 amide bonds. The van der Waals surface area contributed by atoms with Gasteiger partial charge in [-0.15, -0.1) is 0 Å². The quantitative estimate of drug-likeness (QED) is 0.0666. The molecule has 8 rings (SSSR count). The van der Waals surface area contributed by atoms with Crippen LogP contribution < -0.4 is 39.4 Å². The van der Waals surface area contributed by atoms with Crippen molar-refractivity contribution in [1.29, 1.82) is 0 Å². The lowest BCUT2D eigenvalue weighted by Gasteiger charge is -2.17. The number of benzene rings is 8. The second-order valence-electron chi connectivity index (χ2n) is 15.9. The fourth-order valence-corrected chi connectivity index (χ4v) is 7.28. The first kappa shape index (κ1) is 58.4. The van der Waals surface area contributed by atoms with Gasteiger partial charge in [-0.2, -0.15) is 0 Å². The van der Waals surface area contributed by atoms with Gasteiger partial charge in [0.05, 0.1) is 23.9 Å². The first-order valence-electron chi connectivity index (χ1n) is 21.8. The first-order valence-corrected chi connectivity index (χ1v) is 25.8. The fraction of sp³-hybridized carbons (Fsp3) is 0.127. The summed E-state index contributed by atoms with van der Waals surface area (Å²) in [5.41, 5.74) is 0.286. The summed E-state index contributed by atoms with van der Waals surface area (Å²) < 4.78 is 20.0. The predicted molar refractivity (Wildman–Crippen MR) is 285 cm³/mol. The number of hydrogen-bond donors (Lipinski definition) is 0. The van der Waals surface area contributed by atoms with Gasteiger partial charge < -0.3 is 58.6 Å². The molecule has 386 valence electrons. The Morgan fingerprint density at radius 3 is 1.03 bits per heavy atom. The second-order valence-corrected chi connectivity index (χ2v) is 20.4. The summed E-state index contributed by atoms with van der Waals surface area (Å²) in [4.78, 5) is 89.6. The van der Waals surface area contributed by atoms with Gasteiger partial charge in [-0.05, 0) is 84.8 Å². The molecule has 0 saturated carbocycles. The highest BCUT2D eigenvalue weighted by atomic mass is 79.9. The van der Waals surface area contributed by atoms with Crippen molar-refractivity contribution in [3.63, 3.8) is 0 Å². The van der Waals surface area contributed by atoms with Crippen LogP contribution in [0.5, 0.6) is 23.0 Å². The third-order valence-corrected chi connectivity index (χ3v) is 11.9. The largest absolute Gasteiger partial charge is 0.545 e. The molecule has 0 fully saturated rings. The SMILES string of the molecule is CC(Br)C(=O)Oc1ccc(C(=O)[O-])c2ccccc12.CC(C)(Br)C(=O)Oc1ccc(C(=O)[O-])c2ccccc12.O=C(CBr)Oc1ccc(C(=O)[O-])c2ccccc12.O=C(CBr)Oc1cccc2c(C(=O)[O-])cccc12. The molecule has 0 aromatic heterocycles. The molecular weight excluding hydrogens is 1240 g/mol. The van der Waals surface area contributed by atoms with Crippen molar-refractivity contribution in [1.82, 2.24) is 0 Å². The molecule has 1 atom stereocenters. The summed E-state index contributed by atoms with van der Waals surface area (Å²) in [5.74, 6) is -5.50. The number of halogens is 4. The Morgan fingerprint density at radius 2 is 0.693 bits per heavy atom. The average Bonchev–Trinajstić information content (AvgIpc) is 3.38. The summed E-state index contributed by atoms with van der Waals surface area (Å²) in [5, 5.41) is 48.4. The molecule has 8 aromatic rings. The van der Waals surface area contributed by atoms with Gasteiger partial charge in [-0.25, -0.2) is 0 Å². The van der Waals surface area contributed by atoms with E-state index in [9.17, 15) is 58.8 Å². The fourth-order valence-electron chi connectivity index (χ4n) is 6.87. The number of aromatic carboxylic acids is 4. The van der Waals surface area contributed by atoms with Gasteiger partial charge in [0.1, 0.15) is 42.8 Å². The number of esters is 4. The molecule has 16 nitrogen and oxygen atoms in total. The maximum atomic E-state index is 11.9. The van der Waals surface area contributed by atoms with Crippen molar-refractivity contribution < 1.29 is 77.7 Å². The number of carboxylic acids is 4. The summed E-state index contributed by atoms with van der Waals surface area (Å²) in [6.07, 6.45) is 0. The van der Waals surface area contributed by atoms with Gasteiger partial charge >= 0.3 is 23.9 Å². The molecule has 0 aliphatic heterocycles. The van der Waals surface area contributed by atoms with Crippen LogP contribution in [0.4, 0.5) is 0 Å². The molecular formula is C55H38Br4O16-4. The van der Waals surface area contributed by atoms with E-state index in [2.05, 4.69) is 63.7 Å². The van der Waals surface area contributed by atoms with E-state index in [0.717, 1.165) is 0 Å². The number of carbonyl (C=O) groups is 8. The van der Waals surface area contributed by atoms with E-state index < -0.39 is 56.9 Å². The molecule has 0 saturated heterocycles. The number of alkyl halides is 4. The van der Waals surface area contributed by atoms with Crippen LogP contribution in [-0.4, -0.2) is 67.6 Å². The number of fused-ring (bicyclic) bond motifs is 4. The van der Waals surface area contributed by atoms with Gasteiger partial charge in [0.25, 0.3) is 0 Å². The Balaban J connectivity index is 0.000000185. The Bertz CT molecular complexity index is 3430. The van der Waals surface area contributed by atoms with Crippen molar-refractivity contribution in [3.05, 3.63) is 168 Å². The van der Waals surface area contributed by atoms with Gasteiger partial charge in [0.15, 0.2) is 0 Å². The van der Waals surface area contributed by atoms with Crippen molar-refractivity contribution in [3.8, 4) is 23.0 Å². The minimum absolute atomic E-state index is 0.0681. The lowest BCUT2D eigenvalue weighted by Crippen LogP contribution is -2.29. The maximum absolute atomic E-state index is 11.9. The Labute approximate surface area is 460 Å². The first-order chi connectivity index (χ1) is 35.6. The lowest BCUT2D eigenvalue weighted by atomic mass is 10.0. The minimum Gasteiger partial charge on any atom is -0.545 e. The topological polar surface area (TPSA) is 266 Å². The summed E-state index contributed by atoms with van der Waals surface area (Å²) in [7, 11) is 0. The Hall–Kier alpha value is -7.52. The highest BCUT2D eigenvalue weighted by molar-refractivity contribution is 9.10. The van der Waals surface area contributed by atoms with E-state index in [1.54, 1.807) is 124 Å². The number of hydrogen-bond acceptors (Lipinski definition) is 16. The monoisotopic (exact) mass is 1270 g/mol. The van der Waals surface area contributed by atoms with E-state index in [4.69, 9.17) is 18.9 Å². The van der Waals surface area contributed by atoms with Crippen LogP contribution in [0.15, 0.2) is 146 Å². The minimum atomic E-state index is -1.26. The molecule has 0 bridgehead atoms. The number of ether oxygens (including phenoxy) is 4. The van der Waals surface area contributed by atoms with Gasteiger partial charge in [0, 0.05) is 43.8 Å². The van der Waals surface area contributed by atoms with Gasteiger partial charge in [0.2, 0.25) is 0 Å². The van der Waals surface area contributed by atoms with E-state index >= 15 is 0 Å². The van der Waals surface area contributed by atoms with Crippen LogP contribution in [-0.2, 0) is 19.2 Å². The molecule has 0 N–H and O–H groups in total. The molecule has 75 heavy (non-hydrogen) atoms. The molecule has 0 aliphatic carbocycles. The molecule has 0 radical (unpaired) electrons. The van der Waals surface area contributed by atoms with Crippen LogP contribution in [0.25, 0.3) is 43.1 Å². The second kappa shape index (κ2) is 26.6. The van der Waals surface area contributed by atoms with Crippen LogP contribution in [0.1, 0.15) is 62.2 Å². The van der Waals surface area contributed by atoms with Crippen molar-refractivity contribution in [2.24, 2.45) is 0 Å². The van der Waals surface area contributed by atoms with E-state index in [-0.39, 0.29) is 32.9 Å². The summed E-state index contributed by atoms with van der Waals surface area (Å²) in [6, 6.07) is 38.5. The van der Waals surface area contributed by atoms with Crippen LogP contribution in [0, 0.1) is 0 Å². The van der Waals surface area contributed by atoms with E-state index in [1.807, 2.05) is 0 Å². The predicted octanol–water partition coefficient (Wildman–Crippen LogP) is 7.18. The Kier molecular flexibility index (Phi) is 20.7. The molecule has 8 aromatic carbocycles. The zero-order valence-electron chi connectivity index (χ0n) is 39.4. The third kappa shape index (κ3) is 15.3. The molecule has 1 unspecified atom stereocenters. The van der Waals surface area contributed by atoms with Crippen molar-refractivity contribution in [2.45, 2.75) is 29.9 Å². The summed E-state index contributed by atoms with van der Waals surface area (Å²) >= 11 is 12.3. The van der Waals surface area contributed by atoms with Crippen LogP contribution in [0.3, 0.4) is 0 Å². The van der Waals surface area contributed by atoms with Crippen molar-refractivity contribution in [2.75, 3.05) is 10.7 Å². The van der Waals surface area contributed by atoms with E-state index in [0.29, 0.717) is 66.1 Å².